The van der Waals surface area contributed by atoms with E-state index in [2.05, 4.69) is 10.1 Å². The largest absolute Gasteiger partial charge is 0.487 e. The summed E-state index contributed by atoms with van der Waals surface area (Å²) in [6, 6.07) is 21.4. The summed E-state index contributed by atoms with van der Waals surface area (Å²) < 4.78 is 21.9. The summed E-state index contributed by atoms with van der Waals surface area (Å²) in [5, 5.41) is 4.48. The van der Waals surface area contributed by atoms with Gasteiger partial charge in [0.15, 0.2) is 5.76 Å². The number of aromatic nitrogens is 1. The number of carbonyl (C=O) groups is 1. The molecule has 2 aromatic carbocycles. The van der Waals surface area contributed by atoms with E-state index in [4.69, 9.17) is 23.1 Å². The van der Waals surface area contributed by atoms with E-state index in [9.17, 15) is 4.79 Å². The highest BCUT2D eigenvalue weighted by Gasteiger charge is 2.14. The number of hydrogen-bond acceptors (Lipinski definition) is 8. The highest BCUT2D eigenvalue weighted by Crippen LogP contribution is 2.23. The zero-order chi connectivity index (χ0) is 28.0. The number of hydrogen-bond donors (Lipinski definition) is 0. The number of furan rings is 1. The lowest BCUT2D eigenvalue weighted by molar-refractivity contribution is -0.143. The first-order chi connectivity index (χ1) is 19.6. The lowest BCUT2D eigenvalue weighted by Crippen LogP contribution is -2.04. The van der Waals surface area contributed by atoms with Crippen molar-refractivity contribution in [3.05, 3.63) is 95.6 Å². The number of rotatable bonds is 16. The molecule has 0 saturated carbocycles. The number of unbranched alkanes of at least 4 members (excludes halogenated alkanes) is 3. The SMILES string of the molecule is CCOC(=O)CCCCCCC(=NOCc1ccc(OCc2nc(-c3ccco3)oc2C)cc1)c1ccccc1. The molecule has 0 saturated heterocycles. The molecule has 4 rings (SSSR count). The number of esters is 1. The smallest absolute Gasteiger partial charge is 0.305 e. The van der Waals surface area contributed by atoms with E-state index in [0.29, 0.717) is 43.7 Å². The molecular weight excluding hydrogens is 508 g/mol. The van der Waals surface area contributed by atoms with Gasteiger partial charge in [0.2, 0.25) is 0 Å². The highest BCUT2D eigenvalue weighted by molar-refractivity contribution is 6.00. The van der Waals surface area contributed by atoms with Crippen molar-refractivity contribution in [1.82, 2.24) is 4.98 Å². The second-order valence-electron chi connectivity index (χ2n) is 9.33. The summed E-state index contributed by atoms with van der Waals surface area (Å²) in [6.45, 7) is 4.76. The van der Waals surface area contributed by atoms with Gasteiger partial charge in [-0.05, 0) is 68.5 Å². The van der Waals surface area contributed by atoms with Crippen LogP contribution in [0.15, 0.2) is 87.0 Å². The summed E-state index contributed by atoms with van der Waals surface area (Å²) in [6.07, 6.45) is 6.69. The van der Waals surface area contributed by atoms with Gasteiger partial charge in [0.05, 0.1) is 18.6 Å². The fourth-order valence-electron chi connectivity index (χ4n) is 4.11. The van der Waals surface area contributed by atoms with Gasteiger partial charge in [0, 0.05) is 6.42 Å². The maximum absolute atomic E-state index is 11.5. The third kappa shape index (κ3) is 8.86. The third-order valence-corrected chi connectivity index (χ3v) is 6.29. The van der Waals surface area contributed by atoms with Crippen LogP contribution in [0, 0.1) is 6.92 Å². The van der Waals surface area contributed by atoms with Crippen molar-refractivity contribution >= 4 is 11.7 Å². The molecule has 8 nitrogen and oxygen atoms in total. The topological polar surface area (TPSA) is 96.3 Å². The first kappa shape index (κ1) is 28.7. The van der Waals surface area contributed by atoms with Gasteiger partial charge in [-0.15, -0.1) is 0 Å². The van der Waals surface area contributed by atoms with Crippen molar-refractivity contribution in [3.8, 4) is 17.4 Å². The maximum atomic E-state index is 11.5. The molecule has 210 valence electrons. The van der Waals surface area contributed by atoms with Crippen molar-refractivity contribution in [2.45, 2.75) is 65.6 Å². The molecule has 0 bridgehead atoms. The fraction of sp³-hybridized carbons (Fsp3) is 0.344. The average molecular weight is 545 g/mol. The summed E-state index contributed by atoms with van der Waals surface area (Å²) >= 11 is 0. The van der Waals surface area contributed by atoms with Gasteiger partial charge in [-0.2, -0.15) is 0 Å². The van der Waals surface area contributed by atoms with Crippen LogP contribution in [-0.2, 0) is 27.6 Å². The molecule has 0 atom stereocenters. The van der Waals surface area contributed by atoms with Crippen molar-refractivity contribution in [3.63, 3.8) is 0 Å². The molecule has 4 aromatic rings. The van der Waals surface area contributed by atoms with E-state index in [1.807, 2.05) is 68.4 Å². The molecule has 0 aliphatic heterocycles. The monoisotopic (exact) mass is 544 g/mol. The minimum Gasteiger partial charge on any atom is -0.487 e. The Balaban J connectivity index is 1.24. The minimum absolute atomic E-state index is 0.119. The molecule has 0 fully saturated rings. The summed E-state index contributed by atoms with van der Waals surface area (Å²) in [4.78, 5) is 21.7. The zero-order valence-electron chi connectivity index (χ0n) is 23.1. The lowest BCUT2D eigenvalue weighted by atomic mass is 10.0. The van der Waals surface area contributed by atoms with Crippen molar-refractivity contribution in [2.24, 2.45) is 5.16 Å². The van der Waals surface area contributed by atoms with Crippen LogP contribution in [0.1, 0.15) is 68.0 Å². The predicted octanol–water partition coefficient (Wildman–Crippen LogP) is 7.65. The van der Waals surface area contributed by atoms with Gasteiger partial charge in [-0.1, -0.05) is 60.5 Å². The van der Waals surface area contributed by atoms with Crippen LogP contribution < -0.4 is 4.74 Å². The molecular formula is C32H36N2O6. The predicted molar refractivity (Wildman–Crippen MR) is 152 cm³/mol. The quantitative estimate of drug-likeness (QED) is 0.0618. The molecule has 8 heteroatoms. The number of nitrogens with zero attached hydrogens (tertiary/aromatic N) is 2. The highest BCUT2D eigenvalue weighted by atomic mass is 16.6. The van der Waals surface area contributed by atoms with Gasteiger partial charge >= 0.3 is 5.97 Å². The average Bonchev–Trinajstić information content (AvgIpc) is 3.64. The normalized spacial score (nSPS) is 11.4. The Morgan fingerprint density at radius 3 is 2.40 bits per heavy atom. The zero-order valence-corrected chi connectivity index (χ0v) is 23.1. The Hall–Kier alpha value is -4.33. The Morgan fingerprint density at radius 2 is 1.68 bits per heavy atom. The molecule has 0 radical (unpaired) electrons. The second-order valence-corrected chi connectivity index (χ2v) is 9.33. The minimum atomic E-state index is -0.119. The molecule has 40 heavy (non-hydrogen) atoms. The Morgan fingerprint density at radius 1 is 0.900 bits per heavy atom. The third-order valence-electron chi connectivity index (χ3n) is 6.29. The molecule has 0 amide bonds. The van der Waals surface area contributed by atoms with E-state index < -0.39 is 0 Å². The van der Waals surface area contributed by atoms with Crippen LogP contribution in [0.2, 0.25) is 0 Å². The van der Waals surface area contributed by atoms with E-state index >= 15 is 0 Å². The van der Waals surface area contributed by atoms with E-state index in [0.717, 1.165) is 60.4 Å². The molecule has 0 aliphatic carbocycles. The van der Waals surface area contributed by atoms with Gasteiger partial charge in [0.25, 0.3) is 5.89 Å². The van der Waals surface area contributed by atoms with Gasteiger partial charge in [-0.25, -0.2) is 4.98 Å². The van der Waals surface area contributed by atoms with Crippen molar-refractivity contribution in [2.75, 3.05) is 6.61 Å². The number of oxazole rings is 1. The molecule has 0 unspecified atom stereocenters. The number of ether oxygens (including phenoxy) is 2. The Bertz CT molecular complexity index is 1330. The molecule has 0 aliphatic rings. The Kier molecular flexibility index (Phi) is 11.0. The van der Waals surface area contributed by atoms with Crippen LogP contribution in [0.4, 0.5) is 0 Å². The molecule has 2 heterocycles. The lowest BCUT2D eigenvalue weighted by Gasteiger charge is -2.09. The summed E-state index contributed by atoms with van der Waals surface area (Å²) in [7, 11) is 0. The molecule has 2 aromatic heterocycles. The van der Waals surface area contributed by atoms with Gasteiger partial charge in [-0.3, -0.25) is 4.79 Å². The standard InChI is InChI=1S/C32H36N2O6/c1-3-36-31(35)16-10-5-4-9-14-28(26-12-7-6-8-13-26)34-39-22-25-17-19-27(20-18-25)38-23-29-24(2)40-32(33-29)30-15-11-21-37-30/h6-8,11-13,15,17-21H,3-5,9-10,14,16,22-23H2,1-2H3. The van der Waals surface area contributed by atoms with Gasteiger partial charge < -0.3 is 23.1 Å². The van der Waals surface area contributed by atoms with E-state index in [1.165, 1.54) is 0 Å². The van der Waals surface area contributed by atoms with E-state index in [-0.39, 0.29) is 5.97 Å². The number of carbonyl (C=O) groups excluding carboxylic acids is 1. The van der Waals surface area contributed by atoms with E-state index in [1.54, 1.807) is 18.4 Å². The number of oxime groups is 1. The van der Waals surface area contributed by atoms with Crippen LogP contribution >= 0.6 is 0 Å². The van der Waals surface area contributed by atoms with Crippen LogP contribution in [0.5, 0.6) is 5.75 Å². The van der Waals surface area contributed by atoms with Crippen LogP contribution in [0.25, 0.3) is 11.7 Å². The van der Waals surface area contributed by atoms with Gasteiger partial charge in [0.1, 0.15) is 30.4 Å². The maximum Gasteiger partial charge on any atom is 0.305 e. The molecule has 0 spiro atoms. The summed E-state index contributed by atoms with van der Waals surface area (Å²) in [5.74, 6) is 2.33. The first-order valence-corrected chi connectivity index (χ1v) is 13.7. The first-order valence-electron chi connectivity index (χ1n) is 13.7. The number of benzene rings is 2. The number of aryl methyl sites for hydroxylation is 1. The Labute approximate surface area is 235 Å². The van der Waals surface area contributed by atoms with Crippen molar-refractivity contribution in [1.29, 1.82) is 0 Å². The fourth-order valence-corrected chi connectivity index (χ4v) is 4.11. The van der Waals surface area contributed by atoms with Crippen LogP contribution in [-0.4, -0.2) is 23.3 Å². The molecule has 0 N–H and O–H groups in total. The van der Waals surface area contributed by atoms with Crippen LogP contribution in [0.3, 0.4) is 0 Å². The summed E-state index contributed by atoms with van der Waals surface area (Å²) in [5.41, 5.74) is 3.68. The van der Waals surface area contributed by atoms with Crippen molar-refractivity contribution < 1.29 is 27.9 Å². The second kappa shape index (κ2) is 15.3.